The van der Waals surface area contributed by atoms with Crippen molar-refractivity contribution in [1.82, 2.24) is 25.0 Å². The molecule has 1 aromatic carbocycles. The summed E-state index contributed by atoms with van der Waals surface area (Å²) in [6.07, 6.45) is 4.98. The van der Waals surface area contributed by atoms with E-state index in [1.54, 1.807) is 31.2 Å². The first-order valence-electron chi connectivity index (χ1n) is 10.5. The van der Waals surface area contributed by atoms with Crippen molar-refractivity contribution in [2.24, 2.45) is 13.0 Å². The van der Waals surface area contributed by atoms with Crippen molar-refractivity contribution in [2.75, 3.05) is 26.7 Å². The van der Waals surface area contributed by atoms with Crippen molar-refractivity contribution in [1.29, 1.82) is 0 Å². The Morgan fingerprint density at radius 3 is 2.68 bits per heavy atom. The number of ether oxygens (including phenoxy) is 1. The second kappa shape index (κ2) is 8.75. The molecule has 1 aliphatic heterocycles. The quantitative estimate of drug-likeness (QED) is 0.684. The highest BCUT2D eigenvalue weighted by molar-refractivity contribution is 5.99. The lowest BCUT2D eigenvalue weighted by Crippen LogP contribution is -2.41. The van der Waals surface area contributed by atoms with E-state index >= 15 is 0 Å². The number of carbonyl (C=O) groups is 2. The summed E-state index contributed by atoms with van der Waals surface area (Å²) in [5.41, 5.74) is 2.74. The molecule has 0 spiro atoms. The molecule has 1 fully saturated rings. The van der Waals surface area contributed by atoms with E-state index in [1.807, 2.05) is 36.1 Å². The highest BCUT2D eigenvalue weighted by atomic mass is 16.5. The van der Waals surface area contributed by atoms with Crippen LogP contribution in [-0.4, -0.2) is 58.2 Å². The standard InChI is InChI=1S/C23H27N5O3/c1-15-20(10-17-4-5-19(31-3)11-21(17)26-15)23(30)28-8-6-16(7-9-28)12-24-22(29)18-13-25-27(2)14-18/h4-5,10-11,13-14,16H,6-9,12H2,1-3H3,(H,24,29). The topological polar surface area (TPSA) is 89.4 Å². The van der Waals surface area contributed by atoms with Crippen molar-refractivity contribution in [3.63, 3.8) is 0 Å². The van der Waals surface area contributed by atoms with E-state index < -0.39 is 0 Å². The SMILES string of the molecule is COc1ccc2cc(C(=O)N3CCC(CNC(=O)c4cnn(C)c4)CC3)c(C)nc2c1. The third-order valence-corrected chi connectivity index (χ3v) is 5.87. The average Bonchev–Trinajstić information content (AvgIpc) is 3.23. The van der Waals surface area contributed by atoms with Gasteiger partial charge >= 0.3 is 0 Å². The number of methoxy groups -OCH3 is 1. The third-order valence-electron chi connectivity index (χ3n) is 5.87. The van der Waals surface area contributed by atoms with Crippen molar-refractivity contribution in [3.05, 3.63) is 53.5 Å². The summed E-state index contributed by atoms with van der Waals surface area (Å²) in [5, 5.41) is 7.93. The second-order valence-electron chi connectivity index (χ2n) is 8.03. The van der Waals surface area contributed by atoms with E-state index in [0.717, 1.165) is 35.2 Å². The van der Waals surface area contributed by atoms with Gasteiger partial charge in [-0.1, -0.05) is 0 Å². The summed E-state index contributed by atoms with van der Waals surface area (Å²) in [7, 11) is 3.41. The molecule has 3 heterocycles. The van der Waals surface area contributed by atoms with Gasteiger partial charge in [0.25, 0.3) is 11.8 Å². The largest absolute Gasteiger partial charge is 0.497 e. The zero-order valence-electron chi connectivity index (χ0n) is 18.1. The van der Waals surface area contributed by atoms with Gasteiger partial charge in [-0.3, -0.25) is 19.3 Å². The fourth-order valence-corrected chi connectivity index (χ4v) is 3.97. The van der Waals surface area contributed by atoms with Crippen LogP contribution < -0.4 is 10.1 Å². The van der Waals surface area contributed by atoms with E-state index in [2.05, 4.69) is 15.4 Å². The molecule has 0 bridgehead atoms. The van der Waals surface area contributed by atoms with Crippen LogP contribution >= 0.6 is 0 Å². The van der Waals surface area contributed by atoms with Crippen LogP contribution in [0.5, 0.6) is 5.75 Å². The van der Waals surface area contributed by atoms with Gasteiger partial charge in [0.15, 0.2) is 0 Å². The van der Waals surface area contributed by atoms with Crippen molar-refractivity contribution < 1.29 is 14.3 Å². The maximum absolute atomic E-state index is 13.1. The summed E-state index contributed by atoms with van der Waals surface area (Å²) in [5.74, 6) is 1.01. The zero-order chi connectivity index (χ0) is 22.0. The molecular formula is C23H27N5O3. The van der Waals surface area contributed by atoms with Crippen LogP contribution in [0.15, 0.2) is 36.7 Å². The first-order chi connectivity index (χ1) is 14.9. The lowest BCUT2D eigenvalue weighted by molar-refractivity contribution is 0.0683. The lowest BCUT2D eigenvalue weighted by Gasteiger charge is -2.32. The molecule has 1 N–H and O–H groups in total. The Bertz CT molecular complexity index is 1120. The van der Waals surface area contributed by atoms with Crippen LogP contribution in [0.25, 0.3) is 10.9 Å². The minimum Gasteiger partial charge on any atom is -0.497 e. The minimum absolute atomic E-state index is 0.0144. The predicted octanol–water partition coefficient (Wildman–Crippen LogP) is 2.57. The van der Waals surface area contributed by atoms with Gasteiger partial charge in [-0.15, -0.1) is 0 Å². The molecular weight excluding hydrogens is 394 g/mol. The van der Waals surface area contributed by atoms with E-state index in [9.17, 15) is 9.59 Å². The van der Waals surface area contributed by atoms with E-state index in [0.29, 0.717) is 36.7 Å². The van der Waals surface area contributed by atoms with Crippen LogP contribution in [0.1, 0.15) is 39.3 Å². The molecule has 162 valence electrons. The predicted molar refractivity (Wildman–Crippen MR) is 117 cm³/mol. The molecule has 0 radical (unpaired) electrons. The Balaban J connectivity index is 1.35. The number of piperidine rings is 1. The maximum atomic E-state index is 13.1. The fourth-order valence-electron chi connectivity index (χ4n) is 3.97. The van der Waals surface area contributed by atoms with Crippen LogP contribution in [0, 0.1) is 12.8 Å². The number of rotatable bonds is 5. The van der Waals surface area contributed by atoms with Gasteiger partial charge < -0.3 is 15.0 Å². The number of amides is 2. The van der Waals surface area contributed by atoms with Crippen LogP contribution in [0.3, 0.4) is 0 Å². The number of hydrogen-bond donors (Lipinski definition) is 1. The highest BCUT2D eigenvalue weighted by Crippen LogP contribution is 2.24. The van der Waals surface area contributed by atoms with Crippen molar-refractivity contribution in [2.45, 2.75) is 19.8 Å². The number of fused-ring (bicyclic) bond motifs is 1. The van der Waals surface area contributed by atoms with Gasteiger partial charge in [0.2, 0.25) is 0 Å². The molecule has 0 saturated carbocycles. The normalized spacial score (nSPS) is 14.6. The Hall–Kier alpha value is -3.42. The molecule has 31 heavy (non-hydrogen) atoms. The number of aromatic nitrogens is 3. The Morgan fingerprint density at radius 1 is 1.23 bits per heavy atom. The molecule has 0 atom stereocenters. The van der Waals surface area contributed by atoms with Crippen LogP contribution in [0.2, 0.25) is 0 Å². The number of pyridine rings is 1. The molecule has 2 aromatic heterocycles. The van der Waals surface area contributed by atoms with Gasteiger partial charge in [0.05, 0.1) is 35.6 Å². The smallest absolute Gasteiger partial charge is 0.255 e. The van der Waals surface area contributed by atoms with Crippen molar-refractivity contribution >= 4 is 22.7 Å². The first kappa shape index (κ1) is 20.8. The summed E-state index contributed by atoms with van der Waals surface area (Å²) >= 11 is 0. The number of nitrogens with one attached hydrogen (secondary N) is 1. The molecule has 8 heteroatoms. The molecule has 2 amide bonds. The zero-order valence-corrected chi connectivity index (χ0v) is 18.1. The molecule has 1 saturated heterocycles. The number of likely N-dealkylation sites (tertiary alicyclic amines) is 1. The van der Waals surface area contributed by atoms with E-state index in [1.165, 1.54) is 0 Å². The summed E-state index contributed by atoms with van der Waals surface area (Å²) < 4.78 is 6.87. The second-order valence-corrected chi connectivity index (χ2v) is 8.03. The Morgan fingerprint density at radius 2 is 2.00 bits per heavy atom. The summed E-state index contributed by atoms with van der Waals surface area (Å²) in [4.78, 5) is 31.8. The Labute approximate surface area is 181 Å². The molecule has 1 aliphatic rings. The van der Waals surface area contributed by atoms with E-state index in [4.69, 9.17) is 4.74 Å². The molecule has 4 rings (SSSR count). The number of benzene rings is 1. The average molecular weight is 422 g/mol. The first-order valence-corrected chi connectivity index (χ1v) is 10.5. The van der Waals surface area contributed by atoms with Gasteiger partial charge in [-0.05, 0) is 43.9 Å². The monoisotopic (exact) mass is 421 g/mol. The number of aryl methyl sites for hydroxylation is 2. The molecule has 3 aromatic rings. The number of hydrogen-bond acceptors (Lipinski definition) is 5. The van der Waals surface area contributed by atoms with E-state index in [-0.39, 0.29) is 11.8 Å². The maximum Gasteiger partial charge on any atom is 0.255 e. The molecule has 0 unspecified atom stereocenters. The highest BCUT2D eigenvalue weighted by Gasteiger charge is 2.25. The van der Waals surface area contributed by atoms with Gasteiger partial charge in [0.1, 0.15) is 5.75 Å². The molecule has 8 nitrogen and oxygen atoms in total. The summed E-state index contributed by atoms with van der Waals surface area (Å²) in [6.45, 7) is 3.82. The fraction of sp³-hybridized carbons (Fsp3) is 0.391. The Kier molecular flexibility index (Phi) is 5.88. The van der Waals surface area contributed by atoms with Crippen LogP contribution in [-0.2, 0) is 7.05 Å². The van der Waals surface area contributed by atoms with Crippen LogP contribution in [0.4, 0.5) is 0 Å². The summed E-state index contributed by atoms with van der Waals surface area (Å²) in [6, 6.07) is 7.59. The minimum atomic E-state index is -0.110. The van der Waals surface area contributed by atoms with Gasteiger partial charge in [-0.25, -0.2) is 0 Å². The lowest BCUT2D eigenvalue weighted by atomic mass is 9.96. The van der Waals surface area contributed by atoms with Gasteiger partial charge in [0, 0.05) is 44.3 Å². The third kappa shape index (κ3) is 4.52. The van der Waals surface area contributed by atoms with Crippen molar-refractivity contribution in [3.8, 4) is 5.75 Å². The number of carbonyl (C=O) groups excluding carboxylic acids is 2. The molecule has 0 aliphatic carbocycles. The number of nitrogens with zero attached hydrogens (tertiary/aromatic N) is 4. The van der Waals surface area contributed by atoms with Gasteiger partial charge in [-0.2, -0.15) is 5.10 Å².